The van der Waals surface area contributed by atoms with Crippen molar-refractivity contribution in [3.8, 4) is 0 Å². The molecule has 2 aliphatic rings. The molecular weight excluding hydrogens is 248 g/mol. The minimum absolute atomic E-state index is 0.0826. The van der Waals surface area contributed by atoms with Gasteiger partial charge in [-0.2, -0.15) is 0 Å². The zero-order valence-electron chi connectivity index (χ0n) is 11.8. The topological polar surface area (TPSA) is 66.9 Å². The highest BCUT2D eigenvalue weighted by Gasteiger charge is 2.62. The van der Waals surface area contributed by atoms with E-state index in [2.05, 4.69) is 0 Å². The number of esters is 1. The normalized spacial score (nSPS) is 34.8. The molecule has 4 atom stereocenters. The molecule has 0 aliphatic carbocycles. The maximum absolute atomic E-state index is 12.2. The number of ether oxygens (including phenoxy) is 1. The maximum atomic E-state index is 12.2. The lowest BCUT2D eigenvalue weighted by atomic mass is 9.88. The highest BCUT2D eigenvalue weighted by Crippen LogP contribution is 2.42. The third kappa shape index (κ3) is 1.85. The maximum Gasteiger partial charge on any atom is 0.324 e. The summed E-state index contributed by atoms with van der Waals surface area (Å²) >= 11 is 0. The van der Waals surface area contributed by atoms with Gasteiger partial charge in [0, 0.05) is 13.1 Å². The van der Waals surface area contributed by atoms with Crippen LogP contribution in [0, 0.1) is 11.8 Å². The van der Waals surface area contributed by atoms with Crippen molar-refractivity contribution in [3.05, 3.63) is 0 Å². The van der Waals surface area contributed by atoms with Gasteiger partial charge in [0.25, 0.3) is 0 Å². The van der Waals surface area contributed by atoms with Crippen molar-refractivity contribution in [2.24, 2.45) is 11.8 Å². The van der Waals surface area contributed by atoms with E-state index in [9.17, 15) is 14.4 Å². The quantitative estimate of drug-likeness (QED) is 0.527. The van der Waals surface area contributed by atoms with Gasteiger partial charge in [-0.05, 0) is 20.4 Å². The molecule has 6 nitrogen and oxygen atoms in total. The number of rotatable bonds is 3. The summed E-state index contributed by atoms with van der Waals surface area (Å²) in [6, 6.07) is -0.725. The van der Waals surface area contributed by atoms with Crippen LogP contribution in [0.5, 0.6) is 0 Å². The number of carbonyl (C=O) groups excluding carboxylic acids is 3. The minimum Gasteiger partial charge on any atom is -0.465 e. The van der Waals surface area contributed by atoms with Crippen molar-refractivity contribution in [3.63, 3.8) is 0 Å². The molecule has 0 N–H and O–H groups in total. The van der Waals surface area contributed by atoms with Gasteiger partial charge in [0.05, 0.1) is 18.4 Å². The summed E-state index contributed by atoms with van der Waals surface area (Å²) in [7, 11) is 3.27. The van der Waals surface area contributed by atoms with E-state index in [-0.39, 0.29) is 24.5 Å². The summed E-state index contributed by atoms with van der Waals surface area (Å²) in [5.74, 6) is -1.86. The van der Waals surface area contributed by atoms with E-state index >= 15 is 0 Å². The summed E-state index contributed by atoms with van der Waals surface area (Å²) in [5, 5.41) is 0. The third-order valence-electron chi connectivity index (χ3n) is 4.28. The molecule has 0 bridgehead atoms. The Morgan fingerprint density at radius 3 is 2.26 bits per heavy atom. The SMILES string of the molecule is CCOC(=O)[C@H]1[C@@H]2C(=O)N(C)C(=O)[C@@H]2[C@H](CC)N1C. The zero-order valence-corrected chi connectivity index (χ0v) is 11.8. The Morgan fingerprint density at radius 2 is 1.74 bits per heavy atom. The number of hydrogen-bond acceptors (Lipinski definition) is 5. The number of fused-ring (bicyclic) bond motifs is 1. The molecule has 2 rings (SSSR count). The molecule has 2 amide bonds. The van der Waals surface area contributed by atoms with Gasteiger partial charge >= 0.3 is 5.97 Å². The van der Waals surface area contributed by atoms with Crippen molar-refractivity contribution in [2.45, 2.75) is 32.4 Å². The molecule has 106 valence electrons. The van der Waals surface area contributed by atoms with Crippen molar-refractivity contribution < 1.29 is 19.1 Å². The number of amides is 2. The van der Waals surface area contributed by atoms with Gasteiger partial charge in [0.2, 0.25) is 11.8 Å². The third-order valence-corrected chi connectivity index (χ3v) is 4.28. The van der Waals surface area contributed by atoms with E-state index in [0.717, 1.165) is 11.3 Å². The van der Waals surface area contributed by atoms with Gasteiger partial charge in [0.15, 0.2) is 0 Å². The Balaban J connectivity index is 2.37. The van der Waals surface area contributed by atoms with Crippen molar-refractivity contribution in [2.75, 3.05) is 20.7 Å². The highest BCUT2D eigenvalue weighted by molar-refractivity contribution is 6.08. The van der Waals surface area contributed by atoms with Crippen LogP contribution < -0.4 is 0 Å². The van der Waals surface area contributed by atoms with E-state index in [1.54, 1.807) is 14.0 Å². The molecule has 2 aliphatic heterocycles. The molecule has 0 aromatic rings. The van der Waals surface area contributed by atoms with Crippen LogP contribution in [0.1, 0.15) is 20.3 Å². The van der Waals surface area contributed by atoms with Crippen LogP contribution in [0.3, 0.4) is 0 Å². The Bertz CT molecular complexity index is 423. The first-order valence-corrected chi connectivity index (χ1v) is 6.65. The number of hydrogen-bond donors (Lipinski definition) is 0. The second-order valence-electron chi connectivity index (χ2n) is 5.13. The molecule has 0 radical (unpaired) electrons. The van der Waals surface area contributed by atoms with Crippen molar-refractivity contribution >= 4 is 17.8 Å². The fraction of sp³-hybridized carbons (Fsp3) is 0.769. The zero-order chi connectivity index (χ0) is 14.3. The molecule has 0 unspecified atom stereocenters. The van der Waals surface area contributed by atoms with Gasteiger partial charge in [-0.25, -0.2) is 0 Å². The average molecular weight is 268 g/mol. The largest absolute Gasteiger partial charge is 0.465 e. The van der Waals surface area contributed by atoms with Crippen LogP contribution >= 0.6 is 0 Å². The molecule has 6 heteroatoms. The summed E-state index contributed by atoms with van der Waals surface area (Å²) in [6.45, 7) is 3.96. The van der Waals surface area contributed by atoms with Crippen LogP contribution in [0.15, 0.2) is 0 Å². The monoisotopic (exact) mass is 268 g/mol. The standard InChI is InChI=1S/C13H20N2O4/c1-5-7-8-9(12(17)15(4)11(8)16)10(14(7)3)13(18)19-6-2/h7-10H,5-6H2,1-4H3/t7-,8+,9+,10+/m0/s1. The second-order valence-corrected chi connectivity index (χ2v) is 5.13. The number of likely N-dealkylation sites (tertiary alicyclic amines) is 2. The number of likely N-dealkylation sites (N-methyl/N-ethyl adjacent to an activating group) is 1. The van der Waals surface area contributed by atoms with E-state index in [0.29, 0.717) is 0 Å². The fourth-order valence-corrected chi connectivity index (χ4v) is 3.39. The molecule has 0 spiro atoms. The van der Waals surface area contributed by atoms with E-state index < -0.39 is 23.8 Å². The Labute approximate surface area is 112 Å². The first-order chi connectivity index (χ1) is 8.95. The van der Waals surface area contributed by atoms with Crippen LogP contribution in [-0.2, 0) is 19.1 Å². The molecule has 2 saturated heterocycles. The highest BCUT2D eigenvalue weighted by atomic mass is 16.5. The Kier molecular flexibility index (Phi) is 3.62. The summed E-state index contributed by atoms with van der Waals surface area (Å²) in [4.78, 5) is 39.4. The lowest BCUT2D eigenvalue weighted by Crippen LogP contribution is -2.45. The van der Waals surface area contributed by atoms with Gasteiger partial charge in [-0.15, -0.1) is 0 Å². The van der Waals surface area contributed by atoms with E-state index in [4.69, 9.17) is 4.74 Å². The van der Waals surface area contributed by atoms with E-state index in [1.165, 1.54) is 7.05 Å². The van der Waals surface area contributed by atoms with Crippen LogP contribution in [0.4, 0.5) is 0 Å². The van der Waals surface area contributed by atoms with Crippen molar-refractivity contribution in [1.29, 1.82) is 0 Å². The Morgan fingerprint density at radius 1 is 1.16 bits per heavy atom. The molecule has 2 heterocycles. The first-order valence-electron chi connectivity index (χ1n) is 6.65. The minimum atomic E-state index is -0.642. The lowest BCUT2D eigenvalue weighted by molar-refractivity contribution is -0.153. The number of carbonyl (C=O) groups is 3. The van der Waals surface area contributed by atoms with E-state index in [1.807, 2.05) is 11.8 Å². The average Bonchev–Trinajstić information content (AvgIpc) is 2.78. The van der Waals surface area contributed by atoms with Crippen molar-refractivity contribution in [1.82, 2.24) is 9.80 Å². The molecule has 19 heavy (non-hydrogen) atoms. The molecule has 0 aromatic heterocycles. The van der Waals surface area contributed by atoms with Gasteiger partial charge in [-0.3, -0.25) is 24.2 Å². The van der Waals surface area contributed by atoms with Crippen LogP contribution in [0.25, 0.3) is 0 Å². The second kappa shape index (κ2) is 4.92. The molecule has 0 aromatic carbocycles. The Hall–Kier alpha value is -1.43. The number of nitrogens with zero attached hydrogens (tertiary/aromatic N) is 2. The van der Waals surface area contributed by atoms with Gasteiger partial charge in [0.1, 0.15) is 6.04 Å². The lowest BCUT2D eigenvalue weighted by Gasteiger charge is -2.27. The van der Waals surface area contributed by atoms with Crippen LogP contribution in [0.2, 0.25) is 0 Å². The first kappa shape index (κ1) is 14.0. The molecule has 0 saturated carbocycles. The van der Waals surface area contributed by atoms with Gasteiger partial charge < -0.3 is 4.74 Å². The van der Waals surface area contributed by atoms with Crippen LogP contribution in [-0.4, -0.2) is 60.4 Å². The molecule has 2 fully saturated rings. The predicted octanol–water partition coefficient (Wildman–Crippen LogP) is -0.127. The predicted molar refractivity (Wildman–Crippen MR) is 67.0 cm³/mol. The summed E-state index contributed by atoms with van der Waals surface area (Å²) in [6.07, 6.45) is 0.723. The summed E-state index contributed by atoms with van der Waals surface area (Å²) < 4.78 is 5.05. The number of imide groups is 1. The fourth-order valence-electron chi connectivity index (χ4n) is 3.39. The smallest absolute Gasteiger partial charge is 0.324 e. The molecular formula is C13H20N2O4. The summed E-state index contributed by atoms with van der Waals surface area (Å²) in [5.41, 5.74) is 0. The van der Waals surface area contributed by atoms with Gasteiger partial charge in [-0.1, -0.05) is 6.92 Å².